The third-order valence-electron chi connectivity index (χ3n) is 3.39. The van der Waals surface area contributed by atoms with Crippen molar-refractivity contribution in [3.63, 3.8) is 0 Å². The van der Waals surface area contributed by atoms with Crippen molar-refractivity contribution in [2.24, 2.45) is 0 Å². The highest BCUT2D eigenvalue weighted by molar-refractivity contribution is 5.94. The number of hydrogen-bond donors (Lipinski definition) is 1. The summed E-state index contributed by atoms with van der Waals surface area (Å²) in [7, 11) is 0. The fourth-order valence-corrected chi connectivity index (χ4v) is 2.12. The van der Waals surface area contributed by atoms with E-state index in [-0.39, 0.29) is 18.0 Å². The summed E-state index contributed by atoms with van der Waals surface area (Å²) in [5.41, 5.74) is 0.853. The summed E-state index contributed by atoms with van der Waals surface area (Å²) in [5, 5.41) is 2.53. The van der Waals surface area contributed by atoms with E-state index in [2.05, 4.69) is 5.32 Å². The van der Waals surface area contributed by atoms with Crippen LogP contribution in [0.3, 0.4) is 0 Å². The van der Waals surface area contributed by atoms with E-state index < -0.39 is 11.7 Å². The lowest BCUT2D eigenvalue weighted by molar-refractivity contribution is -0.138. The first kappa shape index (κ1) is 16.1. The molecule has 2 aromatic carbocycles. The van der Waals surface area contributed by atoms with E-state index in [4.69, 9.17) is 0 Å². The average Bonchev–Trinajstić information content (AvgIpc) is 2.52. The molecule has 1 N–H and O–H groups in total. The predicted molar refractivity (Wildman–Crippen MR) is 78.4 cm³/mol. The molecule has 0 fully saturated rings. The highest BCUT2D eigenvalue weighted by Gasteiger charge is 2.32. The van der Waals surface area contributed by atoms with Crippen LogP contribution in [0.4, 0.5) is 13.2 Å². The Morgan fingerprint density at radius 2 is 1.68 bits per heavy atom. The third-order valence-corrected chi connectivity index (χ3v) is 3.39. The zero-order valence-corrected chi connectivity index (χ0v) is 12.1. The average molecular weight is 307 g/mol. The SMILES string of the molecule is CCc1ccc(C(=O)NCc2ccccc2C(F)(F)F)cc1. The minimum Gasteiger partial charge on any atom is -0.348 e. The van der Waals surface area contributed by atoms with Gasteiger partial charge in [0.05, 0.1) is 5.56 Å². The lowest BCUT2D eigenvalue weighted by Crippen LogP contribution is -2.24. The minimum absolute atomic E-state index is 0.0496. The largest absolute Gasteiger partial charge is 0.416 e. The number of alkyl halides is 3. The summed E-state index contributed by atoms with van der Waals surface area (Å²) < 4.78 is 38.6. The number of nitrogens with one attached hydrogen (secondary N) is 1. The van der Waals surface area contributed by atoms with Crippen molar-refractivity contribution in [1.29, 1.82) is 0 Å². The predicted octanol–water partition coefficient (Wildman–Crippen LogP) is 4.20. The van der Waals surface area contributed by atoms with Crippen LogP contribution in [0, 0.1) is 0 Å². The Morgan fingerprint density at radius 3 is 2.27 bits per heavy atom. The van der Waals surface area contributed by atoms with Gasteiger partial charge in [-0.15, -0.1) is 0 Å². The summed E-state index contributed by atoms with van der Waals surface area (Å²) in [4.78, 5) is 12.0. The van der Waals surface area contributed by atoms with E-state index in [0.29, 0.717) is 5.56 Å². The topological polar surface area (TPSA) is 29.1 Å². The van der Waals surface area contributed by atoms with Crippen LogP contribution in [0.5, 0.6) is 0 Å². The lowest BCUT2D eigenvalue weighted by atomic mass is 10.1. The highest BCUT2D eigenvalue weighted by atomic mass is 19.4. The number of aryl methyl sites for hydroxylation is 1. The van der Waals surface area contributed by atoms with Gasteiger partial charge >= 0.3 is 6.18 Å². The molecular formula is C17H16F3NO. The number of rotatable bonds is 4. The first-order valence-corrected chi connectivity index (χ1v) is 6.94. The van der Waals surface area contributed by atoms with Gasteiger partial charge in [0.1, 0.15) is 0 Å². The molecule has 0 aliphatic carbocycles. The second kappa shape index (κ2) is 6.64. The Balaban J connectivity index is 2.08. The van der Waals surface area contributed by atoms with Gasteiger partial charge in [0.2, 0.25) is 0 Å². The molecule has 0 bridgehead atoms. The standard InChI is InChI=1S/C17H16F3NO/c1-2-12-7-9-13(10-8-12)16(22)21-11-14-5-3-4-6-15(14)17(18,19)20/h3-10H,2,11H2,1H3,(H,21,22). The Morgan fingerprint density at radius 1 is 1.05 bits per heavy atom. The van der Waals surface area contributed by atoms with Crippen molar-refractivity contribution in [3.05, 3.63) is 70.8 Å². The molecule has 2 nitrogen and oxygen atoms in total. The summed E-state index contributed by atoms with van der Waals surface area (Å²) in [5.74, 6) is -0.389. The number of carbonyl (C=O) groups is 1. The molecule has 2 aromatic rings. The van der Waals surface area contributed by atoms with Crippen molar-refractivity contribution < 1.29 is 18.0 Å². The molecule has 0 saturated heterocycles. The van der Waals surface area contributed by atoms with Crippen LogP contribution < -0.4 is 5.32 Å². The van der Waals surface area contributed by atoms with Gasteiger partial charge in [0.25, 0.3) is 5.91 Å². The Bertz CT molecular complexity index is 648. The zero-order chi connectivity index (χ0) is 16.2. The molecule has 0 radical (unpaired) electrons. The molecule has 0 saturated carbocycles. The van der Waals surface area contributed by atoms with Gasteiger partial charge in [-0.2, -0.15) is 13.2 Å². The Kier molecular flexibility index (Phi) is 4.85. The smallest absolute Gasteiger partial charge is 0.348 e. The molecule has 0 unspecified atom stereocenters. The number of halogens is 3. The van der Waals surface area contributed by atoms with E-state index in [1.807, 2.05) is 19.1 Å². The number of carbonyl (C=O) groups excluding carboxylic acids is 1. The van der Waals surface area contributed by atoms with Gasteiger partial charge in [-0.25, -0.2) is 0 Å². The summed E-state index contributed by atoms with van der Waals surface area (Å²) in [6.07, 6.45) is -3.56. The molecule has 116 valence electrons. The van der Waals surface area contributed by atoms with Crippen LogP contribution in [0.25, 0.3) is 0 Å². The number of benzene rings is 2. The van der Waals surface area contributed by atoms with Crippen LogP contribution in [-0.4, -0.2) is 5.91 Å². The molecule has 0 heterocycles. The molecule has 2 rings (SSSR count). The minimum atomic E-state index is -4.43. The molecule has 5 heteroatoms. The Labute approximate surface area is 127 Å². The summed E-state index contributed by atoms with van der Waals surface area (Å²) in [6.45, 7) is 1.84. The van der Waals surface area contributed by atoms with Gasteiger partial charge in [-0.05, 0) is 35.7 Å². The van der Waals surface area contributed by atoms with Gasteiger partial charge < -0.3 is 5.32 Å². The number of hydrogen-bond acceptors (Lipinski definition) is 1. The third kappa shape index (κ3) is 3.87. The normalized spacial score (nSPS) is 11.3. The molecule has 22 heavy (non-hydrogen) atoms. The molecule has 1 amide bonds. The van der Waals surface area contributed by atoms with Gasteiger partial charge in [0.15, 0.2) is 0 Å². The van der Waals surface area contributed by atoms with Crippen LogP contribution >= 0.6 is 0 Å². The molecule has 0 atom stereocenters. The van der Waals surface area contributed by atoms with Crippen LogP contribution in [0.2, 0.25) is 0 Å². The van der Waals surface area contributed by atoms with Crippen LogP contribution in [0.15, 0.2) is 48.5 Å². The van der Waals surface area contributed by atoms with Gasteiger partial charge in [0, 0.05) is 12.1 Å². The molecular weight excluding hydrogens is 291 g/mol. The van der Waals surface area contributed by atoms with Crippen molar-refractivity contribution in [2.45, 2.75) is 26.1 Å². The maximum atomic E-state index is 12.9. The lowest BCUT2D eigenvalue weighted by Gasteiger charge is -2.13. The van der Waals surface area contributed by atoms with E-state index in [1.54, 1.807) is 12.1 Å². The van der Waals surface area contributed by atoms with E-state index in [0.717, 1.165) is 18.1 Å². The van der Waals surface area contributed by atoms with E-state index in [9.17, 15) is 18.0 Å². The maximum Gasteiger partial charge on any atom is 0.416 e. The molecule has 0 aliphatic rings. The number of amides is 1. The van der Waals surface area contributed by atoms with Crippen molar-refractivity contribution in [1.82, 2.24) is 5.32 Å². The summed E-state index contributed by atoms with van der Waals surface area (Å²) in [6, 6.07) is 12.2. The van der Waals surface area contributed by atoms with Crippen LogP contribution in [0.1, 0.15) is 34.0 Å². The molecule has 0 aromatic heterocycles. The fourth-order valence-electron chi connectivity index (χ4n) is 2.12. The quantitative estimate of drug-likeness (QED) is 0.901. The van der Waals surface area contributed by atoms with Gasteiger partial charge in [-0.3, -0.25) is 4.79 Å². The summed E-state index contributed by atoms with van der Waals surface area (Å²) >= 11 is 0. The monoisotopic (exact) mass is 307 g/mol. The van der Waals surface area contributed by atoms with Crippen molar-refractivity contribution >= 4 is 5.91 Å². The first-order valence-electron chi connectivity index (χ1n) is 6.94. The zero-order valence-electron chi connectivity index (χ0n) is 12.1. The molecule has 0 aliphatic heterocycles. The fraction of sp³-hybridized carbons (Fsp3) is 0.235. The van der Waals surface area contributed by atoms with Crippen LogP contribution in [-0.2, 0) is 19.1 Å². The second-order valence-electron chi connectivity index (χ2n) is 4.89. The van der Waals surface area contributed by atoms with E-state index in [1.165, 1.54) is 18.2 Å². The van der Waals surface area contributed by atoms with E-state index >= 15 is 0 Å². The maximum absolute atomic E-state index is 12.9. The first-order chi connectivity index (χ1) is 10.4. The second-order valence-corrected chi connectivity index (χ2v) is 4.89. The highest BCUT2D eigenvalue weighted by Crippen LogP contribution is 2.31. The molecule has 0 spiro atoms. The Hall–Kier alpha value is -2.30. The van der Waals surface area contributed by atoms with Gasteiger partial charge in [-0.1, -0.05) is 37.3 Å². The van der Waals surface area contributed by atoms with Crippen molar-refractivity contribution in [3.8, 4) is 0 Å². The van der Waals surface area contributed by atoms with Crippen molar-refractivity contribution in [2.75, 3.05) is 0 Å².